The van der Waals surface area contributed by atoms with Crippen molar-refractivity contribution in [1.29, 1.82) is 0 Å². The summed E-state index contributed by atoms with van der Waals surface area (Å²) in [6.07, 6.45) is 3.21. The fourth-order valence-electron chi connectivity index (χ4n) is 1.21. The number of hydrogen-bond donors (Lipinski definition) is 3. The Bertz CT molecular complexity index is 266. The second-order valence-corrected chi connectivity index (χ2v) is 3.76. The van der Waals surface area contributed by atoms with Crippen molar-refractivity contribution < 1.29 is 19.5 Å². The zero-order valence-electron chi connectivity index (χ0n) is 10.1. The Hall–Kier alpha value is -1.59. The summed E-state index contributed by atoms with van der Waals surface area (Å²) in [5, 5.41) is 13.1. The van der Waals surface area contributed by atoms with Gasteiger partial charge in [-0.3, -0.25) is 14.9 Å². The van der Waals surface area contributed by atoms with Crippen LogP contribution in [0.3, 0.4) is 0 Å². The number of urea groups is 1. The molecular formula is C11H20N2O4. The molecule has 0 aromatic carbocycles. The van der Waals surface area contributed by atoms with Crippen LogP contribution >= 0.6 is 0 Å². The molecular weight excluding hydrogens is 224 g/mol. The van der Waals surface area contributed by atoms with Gasteiger partial charge in [-0.15, -0.1) is 0 Å². The first kappa shape index (κ1) is 15.4. The summed E-state index contributed by atoms with van der Waals surface area (Å²) in [6.45, 7) is 2.61. The van der Waals surface area contributed by atoms with Crippen LogP contribution in [-0.2, 0) is 9.59 Å². The number of carbonyl (C=O) groups is 3. The third-order valence-electron chi connectivity index (χ3n) is 2.11. The number of rotatable bonds is 8. The van der Waals surface area contributed by atoms with Crippen molar-refractivity contribution in [3.05, 3.63) is 0 Å². The lowest BCUT2D eigenvalue weighted by Gasteiger charge is -2.05. The molecule has 0 aromatic heterocycles. The van der Waals surface area contributed by atoms with Crippen molar-refractivity contribution >= 4 is 17.9 Å². The Balaban J connectivity index is 3.52. The monoisotopic (exact) mass is 244 g/mol. The highest BCUT2D eigenvalue weighted by Crippen LogP contribution is 1.95. The Kier molecular flexibility index (Phi) is 8.72. The molecule has 0 bridgehead atoms. The van der Waals surface area contributed by atoms with E-state index in [9.17, 15) is 14.4 Å². The van der Waals surface area contributed by atoms with E-state index in [0.717, 1.165) is 19.3 Å². The van der Waals surface area contributed by atoms with Gasteiger partial charge in [0.25, 0.3) is 0 Å². The SMILES string of the molecule is CCCCCNC(=O)NC(=O)CCCC(=O)O. The standard InChI is InChI=1S/C11H20N2O4/c1-2-3-4-8-12-11(17)13-9(14)6-5-7-10(15)16/h2-8H2,1H3,(H,15,16)(H2,12,13,14,17). The molecule has 0 fully saturated rings. The van der Waals surface area contributed by atoms with Crippen molar-refractivity contribution in [1.82, 2.24) is 10.6 Å². The van der Waals surface area contributed by atoms with E-state index >= 15 is 0 Å². The van der Waals surface area contributed by atoms with Crippen LogP contribution in [0.4, 0.5) is 4.79 Å². The topological polar surface area (TPSA) is 95.5 Å². The van der Waals surface area contributed by atoms with Gasteiger partial charge in [0.2, 0.25) is 5.91 Å². The van der Waals surface area contributed by atoms with E-state index in [2.05, 4.69) is 17.6 Å². The molecule has 17 heavy (non-hydrogen) atoms. The molecule has 0 heterocycles. The summed E-state index contributed by atoms with van der Waals surface area (Å²) in [7, 11) is 0. The molecule has 0 atom stereocenters. The van der Waals surface area contributed by atoms with Gasteiger partial charge in [0.05, 0.1) is 0 Å². The zero-order chi connectivity index (χ0) is 13.1. The van der Waals surface area contributed by atoms with Gasteiger partial charge >= 0.3 is 12.0 Å². The van der Waals surface area contributed by atoms with Crippen LogP contribution in [0.5, 0.6) is 0 Å². The molecule has 6 nitrogen and oxygen atoms in total. The van der Waals surface area contributed by atoms with E-state index in [4.69, 9.17) is 5.11 Å². The molecule has 6 heteroatoms. The summed E-state index contributed by atoms with van der Waals surface area (Å²) in [5.41, 5.74) is 0. The van der Waals surface area contributed by atoms with Crippen LogP contribution < -0.4 is 10.6 Å². The van der Waals surface area contributed by atoms with E-state index in [1.807, 2.05) is 0 Å². The maximum atomic E-state index is 11.2. The van der Waals surface area contributed by atoms with E-state index in [1.54, 1.807) is 0 Å². The van der Waals surface area contributed by atoms with Crippen molar-refractivity contribution in [3.63, 3.8) is 0 Å². The third-order valence-corrected chi connectivity index (χ3v) is 2.11. The molecule has 0 aliphatic carbocycles. The Morgan fingerprint density at radius 3 is 2.35 bits per heavy atom. The van der Waals surface area contributed by atoms with Crippen LogP contribution in [0.2, 0.25) is 0 Å². The predicted molar refractivity (Wildman–Crippen MR) is 62.6 cm³/mol. The summed E-state index contributed by atoms with van der Waals surface area (Å²) in [6, 6.07) is -0.513. The molecule has 3 N–H and O–H groups in total. The third kappa shape index (κ3) is 10.7. The predicted octanol–water partition coefficient (Wildman–Crippen LogP) is 1.26. The number of hydrogen-bond acceptors (Lipinski definition) is 3. The zero-order valence-corrected chi connectivity index (χ0v) is 10.1. The normalized spacial score (nSPS) is 9.71. The largest absolute Gasteiger partial charge is 0.481 e. The molecule has 0 rings (SSSR count). The molecule has 0 unspecified atom stereocenters. The maximum Gasteiger partial charge on any atom is 0.321 e. The molecule has 98 valence electrons. The molecule has 0 aromatic rings. The average Bonchev–Trinajstić information content (AvgIpc) is 2.23. The fraction of sp³-hybridized carbons (Fsp3) is 0.727. The molecule has 3 amide bonds. The van der Waals surface area contributed by atoms with Crippen LogP contribution in [0.1, 0.15) is 45.4 Å². The van der Waals surface area contributed by atoms with Gasteiger partial charge in [0, 0.05) is 19.4 Å². The average molecular weight is 244 g/mol. The van der Waals surface area contributed by atoms with Gasteiger partial charge in [-0.1, -0.05) is 19.8 Å². The molecule has 0 aliphatic heterocycles. The molecule has 0 saturated carbocycles. The Morgan fingerprint density at radius 1 is 1.06 bits per heavy atom. The van der Waals surface area contributed by atoms with Crippen LogP contribution in [0.25, 0.3) is 0 Å². The lowest BCUT2D eigenvalue weighted by Crippen LogP contribution is -2.39. The highest BCUT2D eigenvalue weighted by molar-refractivity contribution is 5.94. The lowest BCUT2D eigenvalue weighted by molar-refractivity contribution is -0.137. The van der Waals surface area contributed by atoms with Crippen molar-refractivity contribution in [2.75, 3.05) is 6.54 Å². The van der Waals surface area contributed by atoms with Gasteiger partial charge in [-0.25, -0.2) is 4.79 Å². The number of amides is 3. The first-order chi connectivity index (χ1) is 8.06. The fourth-order valence-corrected chi connectivity index (χ4v) is 1.21. The van der Waals surface area contributed by atoms with Crippen LogP contribution in [0, 0.1) is 0 Å². The number of unbranched alkanes of at least 4 members (excludes halogenated alkanes) is 2. The smallest absolute Gasteiger partial charge is 0.321 e. The number of carbonyl (C=O) groups excluding carboxylic acids is 2. The minimum Gasteiger partial charge on any atom is -0.481 e. The number of aliphatic carboxylic acids is 1. The van der Waals surface area contributed by atoms with Gasteiger partial charge in [0.1, 0.15) is 0 Å². The van der Waals surface area contributed by atoms with Crippen LogP contribution in [-0.4, -0.2) is 29.6 Å². The highest BCUT2D eigenvalue weighted by atomic mass is 16.4. The van der Waals surface area contributed by atoms with Gasteiger partial charge in [0.15, 0.2) is 0 Å². The van der Waals surface area contributed by atoms with Gasteiger partial charge in [-0.05, 0) is 12.8 Å². The summed E-state index contributed by atoms with van der Waals surface area (Å²) in [4.78, 5) is 32.5. The van der Waals surface area contributed by atoms with Crippen molar-refractivity contribution in [2.45, 2.75) is 45.4 Å². The second-order valence-electron chi connectivity index (χ2n) is 3.76. The summed E-state index contributed by atoms with van der Waals surface area (Å²) < 4.78 is 0. The molecule has 0 saturated heterocycles. The highest BCUT2D eigenvalue weighted by Gasteiger charge is 2.07. The minimum atomic E-state index is -0.943. The van der Waals surface area contributed by atoms with Crippen LogP contribution in [0.15, 0.2) is 0 Å². The number of carboxylic acids is 1. The van der Waals surface area contributed by atoms with E-state index in [0.29, 0.717) is 6.54 Å². The van der Waals surface area contributed by atoms with E-state index < -0.39 is 17.9 Å². The number of nitrogens with one attached hydrogen (secondary N) is 2. The maximum absolute atomic E-state index is 11.2. The number of imide groups is 1. The van der Waals surface area contributed by atoms with Crippen molar-refractivity contribution in [2.24, 2.45) is 0 Å². The van der Waals surface area contributed by atoms with E-state index in [-0.39, 0.29) is 19.3 Å². The second kappa shape index (κ2) is 9.62. The van der Waals surface area contributed by atoms with Gasteiger partial charge < -0.3 is 10.4 Å². The molecule has 0 radical (unpaired) electrons. The lowest BCUT2D eigenvalue weighted by atomic mass is 10.2. The summed E-state index contributed by atoms with van der Waals surface area (Å²) >= 11 is 0. The Labute approximate surface area is 101 Å². The molecule has 0 spiro atoms. The first-order valence-electron chi connectivity index (χ1n) is 5.85. The van der Waals surface area contributed by atoms with Crippen molar-refractivity contribution in [3.8, 4) is 0 Å². The van der Waals surface area contributed by atoms with E-state index in [1.165, 1.54) is 0 Å². The first-order valence-corrected chi connectivity index (χ1v) is 5.85. The Morgan fingerprint density at radius 2 is 1.76 bits per heavy atom. The summed E-state index contributed by atoms with van der Waals surface area (Å²) in [5.74, 6) is -1.39. The minimum absolute atomic E-state index is 0.0503. The quantitative estimate of drug-likeness (QED) is 0.560. The van der Waals surface area contributed by atoms with Gasteiger partial charge in [-0.2, -0.15) is 0 Å². The number of carboxylic acid groups (broad SMARTS) is 1. The molecule has 0 aliphatic rings.